The van der Waals surface area contributed by atoms with Gasteiger partial charge in [0.2, 0.25) is 0 Å². The monoisotopic (exact) mass is 186 g/mol. The summed E-state index contributed by atoms with van der Waals surface area (Å²) in [6.45, 7) is 7.33. The first kappa shape index (κ1) is 8.56. The molecule has 0 unspecified atom stereocenters. The first-order chi connectivity index (χ1) is 6.59. The molecule has 0 aromatic heterocycles. The van der Waals surface area contributed by atoms with E-state index in [1.165, 1.54) is 0 Å². The van der Waals surface area contributed by atoms with E-state index in [0.29, 0.717) is 11.3 Å². The number of anilines is 1. The van der Waals surface area contributed by atoms with Crippen molar-refractivity contribution in [1.29, 1.82) is 0 Å². The molecule has 0 radical (unpaired) electrons. The lowest BCUT2D eigenvalue weighted by atomic mass is 10.0. The lowest BCUT2D eigenvalue weighted by Crippen LogP contribution is -2.02. The fourth-order valence-electron chi connectivity index (χ4n) is 1.42. The van der Waals surface area contributed by atoms with Crippen molar-refractivity contribution >= 4 is 22.9 Å². The smallest absolute Gasteiger partial charge is 0.255 e. The molecule has 1 aliphatic rings. The minimum Gasteiger partial charge on any atom is -0.399 e. The highest BCUT2D eigenvalue weighted by Gasteiger charge is 2.22. The van der Waals surface area contributed by atoms with Crippen molar-refractivity contribution in [2.45, 2.75) is 0 Å². The van der Waals surface area contributed by atoms with Crippen LogP contribution < -0.4 is 11.1 Å². The molecule has 3 N–H and O–H groups in total. The molecule has 1 aromatic carbocycles. The molecule has 3 heteroatoms. The van der Waals surface area contributed by atoms with Crippen LogP contribution in [0.4, 0.5) is 5.69 Å². The van der Waals surface area contributed by atoms with E-state index < -0.39 is 0 Å². The van der Waals surface area contributed by atoms with Gasteiger partial charge in [-0.15, -0.1) is 0 Å². The number of carbonyl (C=O) groups is 1. The maximum Gasteiger partial charge on any atom is 0.255 e. The van der Waals surface area contributed by atoms with Crippen molar-refractivity contribution in [3.05, 3.63) is 42.5 Å². The predicted molar refractivity (Wildman–Crippen MR) is 57.3 cm³/mol. The Hall–Kier alpha value is -2.03. The van der Waals surface area contributed by atoms with E-state index in [4.69, 9.17) is 5.73 Å². The van der Waals surface area contributed by atoms with Crippen molar-refractivity contribution < 1.29 is 4.79 Å². The summed E-state index contributed by atoms with van der Waals surface area (Å²) in [5, 5.41) is 2.70. The van der Waals surface area contributed by atoms with Crippen LogP contribution in [0.5, 0.6) is 0 Å². The van der Waals surface area contributed by atoms with Crippen molar-refractivity contribution in [3.63, 3.8) is 0 Å². The third-order valence-corrected chi connectivity index (χ3v) is 2.24. The molecule has 0 bridgehead atoms. The van der Waals surface area contributed by atoms with Crippen molar-refractivity contribution in [1.82, 2.24) is 0 Å². The van der Waals surface area contributed by atoms with Crippen LogP contribution in [0.15, 0.2) is 31.4 Å². The molecule has 0 atom stereocenters. The fraction of sp³-hybridized carbons (Fsp3) is 0. The topological polar surface area (TPSA) is 55.1 Å². The van der Waals surface area contributed by atoms with Crippen molar-refractivity contribution in [2.75, 3.05) is 5.32 Å². The van der Waals surface area contributed by atoms with Crippen LogP contribution in [0, 0.1) is 0 Å². The van der Waals surface area contributed by atoms with Gasteiger partial charge in [0.15, 0.2) is 0 Å². The van der Waals surface area contributed by atoms with Gasteiger partial charge in [-0.1, -0.05) is 19.2 Å². The van der Waals surface area contributed by atoms with E-state index in [1.807, 2.05) is 12.1 Å². The van der Waals surface area contributed by atoms with E-state index in [-0.39, 0.29) is 5.91 Å². The normalized spacial score (nSPS) is 13.7. The molecule has 0 saturated heterocycles. The first-order valence-electron chi connectivity index (χ1n) is 4.19. The van der Waals surface area contributed by atoms with Crippen LogP contribution in [0.2, 0.25) is 0 Å². The summed E-state index contributed by atoms with van der Waals surface area (Å²) in [6.07, 6.45) is 0. The summed E-state index contributed by atoms with van der Waals surface area (Å²) in [6, 6.07) is 5.44. The minimum atomic E-state index is -0.153. The number of nitrogens with one attached hydrogen (secondary N) is 1. The van der Waals surface area contributed by atoms with Crippen LogP contribution in [0.3, 0.4) is 0 Å². The maximum absolute atomic E-state index is 11.2. The van der Waals surface area contributed by atoms with Gasteiger partial charge < -0.3 is 11.1 Å². The summed E-state index contributed by atoms with van der Waals surface area (Å²) in [4.78, 5) is 11.2. The molecule has 1 heterocycles. The lowest BCUT2D eigenvalue weighted by Gasteiger charge is -2.02. The Kier molecular flexibility index (Phi) is 1.67. The standard InChI is InChI=1S/C11H10N2O/c1-6-9-5-8(7(2)12)3-4-10(9)13-11(6)14/h3-5H,1-2,12H2,(H,13,14). The fourth-order valence-corrected chi connectivity index (χ4v) is 1.42. The van der Waals surface area contributed by atoms with Gasteiger partial charge in [0.05, 0.1) is 0 Å². The number of fused-ring (bicyclic) bond motifs is 1. The molecule has 0 fully saturated rings. The number of nitrogens with two attached hydrogens (primary N) is 1. The highest BCUT2D eigenvalue weighted by molar-refractivity contribution is 6.31. The molecule has 1 amide bonds. The molecule has 0 saturated carbocycles. The first-order valence-corrected chi connectivity index (χ1v) is 4.19. The van der Waals surface area contributed by atoms with Gasteiger partial charge in [-0.25, -0.2) is 0 Å². The Labute approximate surface area is 81.9 Å². The van der Waals surface area contributed by atoms with Crippen molar-refractivity contribution in [3.8, 4) is 0 Å². The van der Waals surface area contributed by atoms with Gasteiger partial charge in [-0.05, 0) is 17.7 Å². The summed E-state index contributed by atoms with van der Waals surface area (Å²) >= 11 is 0. The van der Waals surface area contributed by atoms with Gasteiger partial charge >= 0.3 is 0 Å². The van der Waals surface area contributed by atoms with Gasteiger partial charge in [-0.2, -0.15) is 0 Å². The van der Waals surface area contributed by atoms with Crippen LogP contribution in [0.1, 0.15) is 11.1 Å². The number of amides is 1. The average molecular weight is 186 g/mol. The number of hydrogen-bond donors (Lipinski definition) is 2. The number of hydrogen-bond acceptors (Lipinski definition) is 2. The number of carbonyl (C=O) groups excluding carboxylic acids is 1. The predicted octanol–water partition coefficient (Wildman–Crippen LogP) is 1.58. The molecular formula is C11H10N2O. The molecule has 3 nitrogen and oxygen atoms in total. The largest absolute Gasteiger partial charge is 0.399 e. The number of rotatable bonds is 1. The zero-order valence-corrected chi connectivity index (χ0v) is 7.63. The molecular weight excluding hydrogens is 176 g/mol. The Morgan fingerprint density at radius 1 is 1.43 bits per heavy atom. The van der Waals surface area contributed by atoms with E-state index in [9.17, 15) is 4.79 Å². The molecule has 0 spiro atoms. The summed E-state index contributed by atoms with van der Waals surface area (Å²) < 4.78 is 0. The Morgan fingerprint density at radius 3 is 2.79 bits per heavy atom. The van der Waals surface area contributed by atoms with E-state index >= 15 is 0 Å². The van der Waals surface area contributed by atoms with Crippen molar-refractivity contribution in [2.24, 2.45) is 5.73 Å². The van der Waals surface area contributed by atoms with Gasteiger partial charge in [-0.3, -0.25) is 4.79 Å². The third-order valence-electron chi connectivity index (χ3n) is 2.24. The molecule has 1 aliphatic heterocycles. The molecule has 2 rings (SSSR count). The SMILES string of the molecule is C=C(N)c1ccc2c(c1)C(=C)C(=O)N2. The molecule has 14 heavy (non-hydrogen) atoms. The molecule has 1 aromatic rings. The zero-order valence-electron chi connectivity index (χ0n) is 7.63. The van der Waals surface area contributed by atoms with Gasteiger partial charge in [0.1, 0.15) is 0 Å². The molecule has 0 aliphatic carbocycles. The summed E-state index contributed by atoms with van der Waals surface area (Å²) in [7, 11) is 0. The zero-order chi connectivity index (χ0) is 10.3. The summed E-state index contributed by atoms with van der Waals surface area (Å²) in [5.41, 5.74) is 8.93. The second kappa shape index (κ2) is 2.73. The van der Waals surface area contributed by atoms with Crippen LogP contribution in [0.25, 0.3) is 11.3 Å². The highest BCUT2D eigenvalue weighted by Crippen LogP contribution is 2.31. The lowest BCUT2D eigenvalue weighted by molar-refractivity contribution is -0.110. The minimum absolute atomic E-state index is 0.153. The Bertz CT molecular complexity index is 460. The quantitative estimate of drug-likeness (QED) is 0.654. The van der Waals surface area contributed by atoms with Crippen LogP contribution in [-0.4, -0.2) is 5.91 Å². The van der Waals surface area contributed by atoms with Gasteiger partial charge in [0, 0.05) is 22.5 Å². The second-order valence-corrected chi connectivity index (χ2v) is 3.22. The second-order valence-electron chi connectivity index (χ2n) is 3.22. The Balaban J connectivity index is 2.57. The van der Waals surface area contributed by atoms with E-state index in [2.05, 4.69) is 18.5 Å². The maximum atomic E-state index is 11.2. The summed E-state index contributed by atoms with van der Waals surface area (Å²) in [5.74, 6) is -0.153. The Morgan fingerprint density at radius 2 is 2.14 bits per heavy atom. The highest BCUT2D eigenvalue weighted by atomic mass is 16.1. The molecule has 70 valence electrons. The van der Waals surface area contributed by atoms with Crippen LogP contribution in [-0.2, 0) is 4.79 Å². The van der Waals surface area contributed by atoms with Crippen LogP contribution >= 0.6 is 0 Å². The number of benzene rings is 1. The average Bonchev–Trinajstić information content (AvgIpc) is 2.43. The van der Waals surface area contributed by atoms with E-state index in [1.54, 1.807) is 6.07 Å². The van der Waals surface area contributed by atoms with Gasteiger partial charge in [0.25, 0.3) is 5.91 Å². The third kappa shape index (κ3) is 1.10. The van der Waals surface area contributed by atoms with E-state index in [0.717, 1.165) is 16.8 Å².